The van der Waals surface area contributed by atoms with E-state index in [-0.39, 0.29) is 16.2 Å². The van der Waals surface area contributed by atoms with E-state index in [0.717, 1.165) is 6.07 Å². The molecule has 1 N–H and O–H groups in total. The molecule has 0 saturated carbocycles. The van der Waals surface area contributed by atoms with E-state index in [2.05, 4.69) is 0 Å². The van der Waals surface area contributed by atoms with E-state index >= 15 is 0 Å². The summed E-state index contributed by atoms with van der Waals surface area (Å²) in [5.41, 5.74) is -0.0570. The number of halogens is 2. The molecule has 0 aliphatic carbocycles. The zero-order valence-corrected chi connectivity index (χ0v) is 10.3. The number of hydrogen-bond acceptors (Lipinski definition) is 4. The van der Waals surface area contributed by atoms with Crippen LogP contribution in [0.2, 0.25) is 0 Å². The van der Waals surface area contributed by atoms with Crippen LogP contribution in [0.25, 0.3) is 0 Å². The summed E-state index contributed by atoms with van der Waals surface area (Å²) in [6.45, 7) is 0. The van der Waals surface area contributed by atoms with Crippen molar-refractivity contribution in [1.29, 1.82) is 5.26 Å². The van der Waals surface area contributed by atoms with Crippen LogP contribution in [-0.4, -0.2) is 13.5 Å². The highest BCUT2D eigenvalue weighted by Crippen LogP contribution is 2.28. The third-order valence-electron chi connectivity index (χ3n) is 1.41. The molecule has 0 bridgehead atoms. The van der Waals surface area contributed by atoms with Crippen LogP contribution in [0.4, 0.5) is 0 Å². The Hall–Kier alpha value is -0.520. The van der Waals surface area contributed by atoms with Gasteiger partial charge < -0.3 is 5.11 Å². The van der Waals surface area contributed by atoms with Gasteiger partial charge in [-0.05, 0) is 28.7 Å². The summed E-state index contributed by atoms with van der Waals surface area (Å²) in [6.07, 6.45) is 0. The molecule has 1 aromatic rings. The highest BCUT2D eigenvalue weighted by Gasteiger charge is 2.19. The summed E-state index contributed by atoms with van der Waals surface area (Å²) in [7, 11) is 1.09. The van der Waals surface area contributed by atoms with Crippen molar-refractivity contribution in [3.8, 4) is 11.8 Å². The third kappa shape index (κ3) is 2.29. The van der Waals surface area contributed by atoms with Gasteiger partial charge in [-0.1, -0.05) is 0 Å². The third-order valence-corrected chi connectivity index (χ3v) is 3.61. The van der Waals surface area contributed by atoms with Crippen molar-refractivity contribution in [2.75, 3.05) is 0 Å². The molecule has 0 unspecified atom stereocenters. The van der Waals surface area contributed by atoms with Gasteiger partial charge in [0.25, 0.3) is 9.05 Å². The van der Waals surface area contributed by atoms with E-state index in [1.54, 1.807) is 28.7 Å². The summed E-state index contributed by atoms with van der Waals surface area (Å²) in [5, 5.41) is 17.8. The molecule has 7 heteroatoms. The lowest BCUT2D eigenvalue weighted by molar-refractivity contribution is 0.472. The highest BCUT2D eigenvalue weighted by molar-refractivity contribution is 14.1. The molecule has 0 fully saturated rings. The second-order valence-electron chi connectivity index (χ2n) is 2.35. The van der Waals surface area contributed by atoms with Crippen molar-refractivity contribution < 1.29 is 13.5 Å². The molecule has 0 amide bonds. The molecular weight excluding hydrogens is 341 g/mol. The fourth-order valence-electron chi connectivity index (χ4n) is 0.869. The van der Waals surface area contributed by atoms with E-state index < -0.39 is 9.05 Å². The number of hydrogen-bond donors (Lipinski definition) is 1. The van der Waals surface area contributed by atoms with Gasteiger partial charge in [-0.15, -0.1) is 0 Å². The van der Waals surface area contributed by atoms with E-state index in [4.69, 9.17) is 21.1 Å². The molecule has 0 aliphatic rings. The maximum atomic E-state index is 11.0. The fraction of sp³-hybridized carbons (Fsp3) is 0. The van der Waals surface area contributed by atoms with Gasteiger partial charge in [0.15, 0.2) is 0 Å². The first-order valence-electron chi connectivity index (χ1n) is 3.23. The van der Waals surface area contributed by atoms with Gasteiger partial charge in [0.05, 0.1) is 5.56 Å². The van der Waals surface area contributed by atoms with Crippen LogP contribution in [0.1, 0.15) is 5.56 Å². The van der Waals surface area contributed by atoms with Crippen molar-refractivity contribution in [3.05, 3.63) is 21.3 Å². The number of phenolic OH excluding ortho intramolecular Hbond substituents is 1. The quantitative estimate of drug-likeness (QED) is 0.623. The number of nitrogens with zero attached hydrogens (tertiary/aromatic N) is 1. The summed E-state index contributed by atoms with van der Waals surface area (Å²) >= 11 is 1.75. The highest BCUT2D eigenvalue weighted by atomic mass is 127. The lowest BCUT2D eigenvalue weighted by Crippen LogP contribution is -1.97. The van der Waals surface area contributed by atoms with Gasteiger partial charge in [-0.3, -0.25) is 0 Å². The molecule has 0 atom stereocenters. The first-order valence-corrected chi connectivity index (χ1v) is 6.62. The molecule has 1 rings (SSSR count). The molecule has 0 spiro atoms. The van der Waals surface area contributed by atoms with Crippen LogP contribution in [0.3, 0.4) is 0 Å². The Morgan fingerprint density at radius 3 is 2.50 bits per heavy atom. The van der Waals surface area contributed by atoms with Crippen LogP contribution >= 0.6 is 33.3 Å². The first kappa shape index (κ1) is 11.6. The van der Waals surface area contributed by atoms with E-state index in [9.17, 15) is 8.42 Å². The first-order chi connectivity index (χ1) is 6.36. The zero-order chi connectivity index (χ0) is 10.9. The standard InChI is InChI=1S/C7H3ClINO3S/c8-14(12,13)7-2-4(11)1-6(9)5(7)3-10/h1-2,11H. The Kier molecular flexibility index (Phi) is 3.24. The van der Waals surface area contributed by atoms with Crippen LogP contribution in [0, 0.1) is 14.9 Å². The van der Waals surface area contributed by atoms with E-state index in [1.165, 1.54) is 6.07 Å². The van der Waals surface area contributed by atoms with Crippen molar-refractivity contribution >= 4 is 42.3 Å². The molecule has 14 heavy (non-hydrogen) atoms. The molecule has 1 aromatic carbocycles. The van der Waals surface area contributed by atoms with E-state index in [1.807, 2.05) is 0 Å². The number of rotatable bonds is 1. The fourth-order valence-corrected chi connectivity index (χ4v) is 2.81. The predicted molar refractivity (Wildman–Crippen MR) is 58.6 cm³/mol. The molecule has 0 aromatic heterocycles. The lowest BCUT2D eigenvalue weighted by Gasteiger charge is -2.02. The average Bonchev–Trinajstić information content (AvgIpc) is 2.01. The number of phenols is 1. The predicted octanol–water partition coefficient (Wildman–Crippen LogP) is 1.80. The number of aromatic hydroxyl groups is 1. The molecule has 0 saturated heterocycles. The van der Waals surface area contributed by atoms with Gasteiger partial charge in [0.2, 0.25) is 0 Å². The molecule has 0 heterocycles. The minimum Gasteiger partial charge on any atom is -0.508 e. The van der Waals surface area contributed by atoms with Gasteiger partial charge in [0, 0.05) is 20.3 Å². The molecule has 0 aliphatic heterocycles. The maximum Gasteiger partial charge on any atom is 0.262 e. The maximum absolute atomic E-state index is 11.0. The normalized spacial score (nSPS) is 10.9. The Balaban J connectivity index is 3.68. The van der Waals surface area contributed by atoms with Crippen LogP contribution in [0.15, 0.2) is 17.0 Å². The summed E-state index contributed by atoms with van der Waals surface area (Å²) in [5.74, 6) is -0.243. The second kappa shape index (κ2) is 3.92. The minimum atomic E-state index is -4.01. The van der Waals surface area contributed by atoms with Gasteiger partial charge in [-0.2, -0.15) is 5.26 Å². The Morgan fingerprint density at radius 2 is 2.07 bits per heavy atom. The number of benzene rings is 1. The molecule has 0 radical (unpaired) electrons. The van der Waals surface area contributed by atoms with Crippen molar-refractivity contribution in [2.24, 2.45) is 0 Å². The summed E-state index contributed by atoms with van der Waals surface area (Å²) in [6, 6.07) is 3.95. The van der Waals surface area contributed by atoms with Crippen molar-refractivity contribution in [3.63, 3.8) is 0 Å². The Bertz CT molecular complexity index is 520. The Morgan fingerprint density at radius 1 is 1.50 bits per heavy atom. The lowest BCUT2D eigenvalue weighted by atomic mass is 10.2. The number of nitriles is 1. The molecule has 74 valence electrons. The smallest absolute Gasteiger partial charge is 0.262 e. The van der Waals surface area contributed by atoms with Gasteiger partial charge >= 0.3 is 0 Å². The average molecular weight is 344 g/mol. The second-order valence-corrected chi connectivity index (χ2v) is 6.05. The topological polar surface area (TPSA) is 78.2 Å². The monoisotopic (exact) mass is 343 g/mol. The van der Waals surface area contributed by atoms with Crippen LogP contribution < -0.4 is 0 Å². The van der Waals surface area contributed by atoms with Crippen molar-refractivity contribution in [1.82, 2.24) is 0 Å². The SMILES string of the molecule is N#Cc1c(I)cc(O)cc1S(=O)(=O)Cl. The van der Waals surface area contributed by atoms with Gasteiger partial charge in [-0.25, -0.2) is 8.42 Å². The van der Waals surface area contributed by atoms with Gasteiger partial charge in [0.1, 0.15) is 16.7 Å². The summed E-state index contributed by atoms with van der Waals surface area (Å²) in [4.78, 5) is -0.369. The largest absolute Gasteiger partial charge is 0.508 e. The van der Waals surface area contributed by atoms with Crippen molar-refractivity contribution in [2.45, 2.75) is 4.90 Å². The molecule has 4 nitrogen and oxygen atoms in total. The van der Waals surface area contributed by atoms with Crippen LogP contribution in [-0.2, 0) is 9.05 Å². The summed E-state index contributed by atoms with van der Waals surface area (Å²) < 4.78 is 22.4. The minimum absolute atomic E-state index is 0.0570. The van der Waals surface area contributed by atoms with E-state index in [0.29, 0.717) is 3.57 Å². The van der Waals surface area contributed by atoms with Crippen LogP contribution in [0.5, 0.6) is 5.75 Å². The zero-order valence-electron chi connectivity index (χ0n) is 6.53. The Labute approximate surface area is 98.7 Å². The molecular formula is C7H3ClINO3S.